The minimum Gasteiger partial charge on any atom is -0.507 e. The van der Waals surface area contributed by atoms with Gasteiger partial charge in [0, 0.05) is 16.2 Å². The fourth-order valence-electron chi connectivity index (χ4n) is 3.04. The minimum atomic E-state index is -0.451. The fourth-order valence-corrected chi connectivity index (χ4v) is 3.80. The van der Waals surface area contributed by atoms with Gasteiger partial charge < -0.3 is 5.11 Å². The number of aromatic nitrogens is 2. The first kappa shape index (κ1) is 20.3. The molecule has 3 aromatic carbocycles. The summed E-state index contributed by atoms with van der Waals surface area (Å²) in [6, 6.07) is 19.0. The molecule has 0 aliphatic heterocycles. The van der Waals surface area contributed by atoms with Gasteiger partial charge in [-0.05, 0) is 50.5 Å². The summed E-state index contributed by atoms with van der Waals surface area (Å²) in [5.41, 5.74) is 4.30. The van der Waals surface area contributed by atoms with Crippen LogP contribution in [0.4, 0.5) is 0 Å². The van der Waals surface area contributed by atoms with Crippen LogP contribution in [0.25, 0.3) is 10.8 Å². The van der Waals surface area contributed by atoms with E-state index in [0.29, 0.717) is 16.6 Å². The fraction of sp³-hybridized carbons (Fsp3) is 0.0455. The van der Waals surface area contributed by atoms with Crippen LogP contribution in [0.3, 0.4) is 0 Å². The molecular formula is C22H16Br2N4O2. The highest BCUT2D eigenvalue weighted by Crippen LogP contribution is 2.25. The number of amides is 1. The number of aromatic hydroxyl groups is 1. The summed E-state index contributed by atoms with van der Waals surface area (Å²) < 4.78 is 3.26. The Morgan fingerprint density at radius 2 is 1.87 bits per heavy atom. The molecule has 0 spiro atoms. The van der Waals surface area contributed by atoms with E-state index in [0.717, 1.165) is 20.8 Å². The van der Waals surface area contributed by atoms with Gasteiger partial charge in [0.1, 0.15) is 5.75 Å². The first-order chi connectivity index (χ1) is 14.5. The summed E-state index contributed by atoms with van der Waals surface area (Å²) in [5, 5.41) is 20.3. The summed E-state index contributed by atoms with van der Waals surface area (Å²) in [5.74, 6) is -0.362. The average Bonchev–Trinajstić information content (AvgIpc) is 3.11. The van der Waals surface area contributed by atoms with Crippen LogP contribution in [-0.4, -0.2) is 27.0 Å². The van der Waals surface area contributed by atoms with Gasteiger partial charge in [0.15, 0.2) is 5.69 Å². The highest BCUT2D eigenvalue weighted by atomic mass is 79.9. The van der Waals surface area contributed by atoms with E-state index >= 15 is 0 Å². The molecule has 1 aromatic heterocycles. The van der Waals surface area contributed by atoms with Crippen molar-refractivity contribution in [3.63, 3.8) is 0 Å². The number of rotatable bonds is 5. The lowest BCUT2D eigenvalue weighted by molar-refractivity contribution is 0.0948. The summed E-state index contributed by atoms with van der Waals surface area (Å²) in [4.78, 5) is 12.5. The SMILES string of the molecule is O=C(N/N=C/c1c(O)ccc2ccccc12)c1nn(Cc2ccc(Br)cc2)cc1Br. The summed E-state index contributed by atoms with van der Waals surface area (Å²) >= 11 is 6.79. The number of carbonyl (C=O) groups is 1. The molecule has 4 aromatic rings. The van der Waals surface area contributed by atoms with E-state index in [2.05, 4.69) is 47.5 Å². The molecule has 0 fully saturated rings. The standard InChI is InChI=1S/C22H16Br2N4O2/c23-16-8-5-14(6-9-16)12-28-13-19(24)21(27-28)22(30)26-25-11-18-17-4-2-1-3-15(17)7-10-20(18)29/h1-11,13,29H,12H2,(H,26,30)/b25-11+. The van der Waals surface area contributed by atoms with Crippen molar-refractivity contribution in [2.24, 2.45) is 5.10 Å². The second kappa shape index (κ2) is 8.81. The van der Waals surface area contributed by atoms with Crippen molar-refractivity contribution in [3.8, 4) is 5.75 Å². The van der Waals surface area contributed by atoms with Gasteiger partial charge in [0.25, 0.3) is 5.91 Å². The maximum absolute atomic E-state index is 12.5. The number of nitrogens with zero attached hydrogens (tertiary/aromatic N) is 3. The molecule has 8 heteroatoms. The Labute approximate surface area is 189 Å². The van der Waals surface area contributed by atoms with Crippen LogP contribution in [-0.2, 0) is 6.54 Å². The quantitative estimate of drug-likeness (QED) is 0.280. The van der Waals surface area contributed by atoms with Gasteiger partial charge >= 0.3 is 0 Å². The van der Waals surface area contributed by atoms with Crippen molar-refractivity contribution < 1.29 is 9.90 Å². The maximum atomic E-state index is 12.5. The Balaban J connectivity index is 1.49. The van der Waals surface area contributed by atoms with Crippen LogP contribution in [0.1, 0.15) is 21.6 Å². The van der Waals surface area contributed by atoms with E-state index < -0.39 is 5.91 Å². The monoisotopic (exact) mass is 526 g/mol. The normalized spacial score (nSPS) is 11.3. The molecule has 0 radical (unpaired) electrons. The lowest BCUT2D eigenvalue weighted by Gasteiger charge is -2.04. The van der Waals surface area contributed by atoms with E-state index in [-0.39, 0.29) is 11.4 Å². The van der Waals surface area contributed by atoms with Crippen molar-refractivity contribution >= 4 is 54.8 Å². The van der Waals surface area contributed by atoms with Crippen molar-refractivity contribution in [1.29, 1.82) is 0 Å². The number of phenols is 1. The number of halogens is 2. The van der Waals surface area contributed by atoms with E-state index in [1.807, 2.05) is 54.6 Å². The molecule has 1 heterocycles. The smallest absolute Gasteiger partial charge is 0.293 e. The van der Waals surface area contributed by atoms with Gasteiger partial charge in [-0.2, -0.15) is 10.2 Å². The van der Waals surface area contributed by atoms with Crippen LogP contribution in [0.2, 0.25) is 0 Å². The predicted octanol–water partition coefficient (Wildman–Crippen LogP) is 5.08. The van der Waals surface area contributed by atoms with Gasteiger partial charge in [-0.15, -0.1) is 0 Å². The average molecular weight is 528 g/mol. The molecule has 2 N–H and O–H groups in total. The Hall–Kier alpha value is -2.97. The van der Waals surface area contributed by atoms with Crippen LogP contribution < -0.4 is 5.43 Å². The highest BCUT2D eigenvalue weighted by molar-refractivity contribution is 9.10. The Kier molecular flexibility index (Phi) is 5.96. The van der Waals surface area contributed by atoms with Crippen LogP contribution in [0.15, 0.2) is 80.9 Å². The third-order valence-corrected chi connectivity index (χ3v) is 5.61. The van der Waals surface area contributed by atoms with Gasteiger partial charge in [-0.3, -0.25) is 9.48 Å². The van der Waals surface area contributed by atoms with Crippen molar-refractivity contribution in [1.82, 2.24) is 15.2 Å². The number of phenolic OH excluding ortho intramolecular Hbond substituents is 1. The third-order valence-electron chi connectivity index (χ3n) is 4.50. The zero-order valence-corrected chi connectivity index (χ0v) is 18.8. The van der Waals surface area contributed by atoms with Gasteiger partial charge in [0.05, 0.1) is 17.2 Å². The minimum absolute atomic E-state index is 0.0895. The molecule has 0 saturated heterocycles. The number of fused-ring (bicyclic) bond motifs is 1. The van der Waals surface area contributed by atoms with Crippen molar-refractivity contribution in [3.05, 3.63) is 92.6 Å². The number of carbonyl (C=O) groups excluding carboxylic acids is 1. The molecule has 0 aliphatic carbocycles. The van der Waals surface area contributed by atoms with Gasteiger partial charge in [0.2, 0.25) is 0 Å². The Morgan fingerprint density at radius 3 is 2.67 bits per heavy atom. The van der Waals surface area contributed by atoms with E-state index in [9.17, 15) is 9.90 Å². The Morgan fingerprint density at radius 1 is 1.10 bits per heavy atom. The van der Waals surface area contributed by atoms with E-state index in [1.54, 1.807) is 16.9 Å². The third kappa shape index (κ3) is 4.44. The number of benzene rings is 3. The predicted molar refractivity (Wildman–Crippen MR) is 124 cm³/mol. The topological polar surface area (TPSA) is 79.5 Å². The number of hydrogen-bond donors (Lipinski definition) is 2. The zero-order valence-electron chi connectivity index (χ0n) is 15.6. The summed E-state index contributed by atoms with van der Waals surface area (Å²) in [6.07, 6.45) is 3.18. The second-order valence-corrected chi connectivity index (χ2v) is 8.34. The largest absolute Gasteiger partial charge is 0.507 e. The lowest BCUT2D eigenvalue weighted by Crippen LogP contribution is -2.19. The first-order valence-electron chi connectivity index (χ1n) is 9.03. The maximum Gasteiger partial charge on any atom is 0.293 e. The van der Waals surface area contributed by atoms with Crippen LogP contribution in [0, 0.1) is 0 Å². The first-order valence-corrected chi connectivity index (χ1v) is 10.6. The van der Waals surface area contributed by atoms with Crippen molar-refractivity contribution in [2.45, 2.75) is 6.54 Å². The number of hydrogen-bond acceptors (Lipinski definition) is 4. The second-order valence-electron chi connectivity index (χ2n) is 6.57. The summed E-state index contributed by atoms with van der Waals surface area (Å²) in [7, 11) is 0. The Bertz CT molecular complexity index is 1250. The van der Waals surface area contributed by atoms with Crippen LogP contribution >= 0.6 is 31.9 Å². The van der Waals surface area contributed by atoms with Crippen LogP contribution in [0.5, 0.6) is 5.75 Å². The highest BCUT2D eigenvalue weighted by Gasteiger charge is 2.15. The summed E-state index contributed by atoms with van der Waals surface area (Å²) in [6.45, 7) is 0.534. The van der Waals surface area contributed by atoms with Gasteiger partial charge in [-0.25, -0.2) is 5.43 Å². The molecular weight excluding hydrogens is 512 g/mol. The van der Waals surface area contributed by atoms with Gasteiger partial charge in [-0.1, -0.05) is 58.4 Å². The molecule has 0 aliphatic rings. The molecule has 30 heavy (non-hydrogen) atoms. The molecule has 6 nitrogen and oxygen atoms in total. The number of nitrogens with one attached hydrogen (secondary N) is 1. The molecule has 4 rings (SSSR count). The molecule has 150 valence electrons. The van der Waals surface area contributed by atoms with E-state index in [1.165, 1.54) is 6.21 Å². The number of hydrazone groups is 1. The van der Waals surface area contributed by atoms with E-state index in [4.69, 9.17) is 0 Å². The lowest BCUT2D eigenvalue weighted by atomic mass is 10.0. The van der Waals surface area contributed by atoms with Crippen molar-refractivity contribution in [2.75, 3.05) is 0 Å². The molecule has 0 bridgehead atoms. The molecule has 0 unspecified atom stereocenters. The zero-order chi connectivity index (χ0) is 21.1. The molecule has 0 saturated carbocycles. The molecule has 0 atom stereocenters. The molecule has 1 amide bonds.